The van der Waals surface area contributed by atoms with E-state index in [1.54, 1.807) is 7.05 Å². The van der Waals surface area contributed by atoms with Gasteiger partial charge in [0.25, 0.3) is 0 Å². The zero-order chi connectivity index (χ0) is 13.3. The van der Waals surface area contributed by atoms with Gasteiger partial charge in [-0.05, 0) is 12.1 Å². The Hall–Kier alpha value is -2.18. The second-order valence-corrected chi connectivity index (χ2v) is 3.91. The van der Waals surface area contributed by atoms with Gasteiger partial charge in [-0.3, -0.25) is 0 Å². The maximum Gasteiger partial charge on any atom is 0.330 e. The van der Waals surface area contributed by atoms with Crippen LogP contribution < -0.4 is 5.32 Å². The molecule has 1 aromatic carbocycles. The van der Waals surface area contributed by atoms with Gasteiger partial charge in [0.15, 0.2) is 0 Å². The van der Waals surface area contributed by atoms with E-state index in [2.05, 4.69) is 5.32 Å². The molecule has 1 aliphatic rings. The fraction of sp³-hybridized carbons (Fsp3) is 0.273. The van der Waals surface area contributed by atoms with Crippen molar-refractivity contribution < 1.29 is 18.4 Å². The van der Waals surface area contributed by atoms with Crippen molar-refractivity contribution in [1.82, 2.24) is 9.80 Å². The Morgan fingerprint density at radius 2 is 2.06 bits per heavy atom. The first kappa shape index (κ1) is 12.3. The maximum atomic E-state index is 13.3. The van der Waals surface area contributed by atoms with Crippen molar-refractivity contribution in [3.05, 3.63) is 29.8 Å². The molecule has 1 fully saturated rings. The second kappa shape index (κ2) is 4.59. The second-order valence-electron chi connectivity index (χ2n) is 3.91. The van der Waals surface area contributed by atoms with Crippen LogP contribution in [-0.4, -0.2) is 42.0 Å². The number of urea groups is 2. The predicted molar refractivity (Wildman–Crippen MR) is 60.1 cm³/mol. The summed E-state index contributed by atoms with van der Waals surface area (Å²) in [5.41, 5.74) is -0.289. The Morgan fingerprint density at radius 3 is 2.67 bits per heavy atom. The third-order valence-corrected chi connectivity index (χ3v) is 2.63. The van der Waals surface area contributed by atoms with Gasteiger partial charge in [0, 0.05) is 26.2 Å². The molecule has 96 valence electrons. The average Bonchev–Trinajstić information content (AvgIpc) is 2.65. The number of hydrogen-bond donors (Lipinski definition) is 1. The molecule has 7 heteroatoms. The fourth-order valence-corrected chi connectivity index (χ4v) is 1.61. The number of halogens is 2. The summed E-state index contributed by atoms with van der Waals surface area (Å²) in [7, 11) is 1.55. The van der Waals surface area contributed by atoms with Crippen LogP contribution in [0.1, 0.15) is 0 Å². The predicted octanol–water partition coefficient (Wildman–Crippen LogP) is 1.86. The van der Waals surface area contributed by atoms with E-state index < -0.39 is 23.7 Å². The fourth-order valence-electron chi connectivity index (χ4n) is 1.61. The minimum Gasteiger partial charge on any atom is -0.326 e. The first-order chi connectivity index (χ1) is 8.49. The van der Waals surface area contributed by atoms with Gasteiger partial charge < -0.3 is 10.2 Å². The molecule has 1 heterocycles. The van der Waals surface area contributed by atoms with Crippen molar-refractivity contribution in [3.63, 3.8) is 0 Å². The lowest BCUT2D eigenvalue weighted by atomic mass is 10.3. The zero-order valence-electron chi connectivity index (χ0n) is 9.61. The summed E-state index contributed by atoms with van der Waals surface area (Å²) >= 11 is 0. The number of carbonyl (C=O) groups is 2. The lowest BCUT2D eigenvalue weighted by Crippen LogP contribution is -2.38. The van der Waals surface area contributed by atoms with Crippen LogP contribution in [0.25, 0.3) is 0 Å². The maximum absolute atomic E-state index is 13.3. The van der Waals surface area contributed by atoms with E-state index in [-0.39, 0.29) is 12.2 Å². The summed E-state index contributed by atoms with van der Waals surface area (Å²) in [5, 5.41) is 2.17. The summed E-state index contributed by atoms with van der Waals surface area (Å²) in [4.78, 5) is 25.5. The van der Waals surface area contributed by atoms with Gasteiger partial charge in [0.05, 0.1) is 5.69 Å². The third kappa shape index (κ3) is 2.24. The van der Waals surface area contributed by atoms with Crippen LogP contribution in [0.5, 0.6) is 0 Å². The Balaban J connectivity index is 2.12. The molecule has 0 spiro atoms. The molecule has 0 aromatic heterocycles. The van der Waals surface area contributed by atoms with Crippen LogP contribution in [0, 0.1) is 11.6 Å². The SMILES string of the molecule is CN1CCN(C(=O)Nc2cc(F)ccc2F)C1=O. The summed E-state index contributed by atoms with van der Waals surface area (Å²) in [5.74, 6) is -1.43. The third-order valence-electron chi connectivity index (χ3n) is 2.63. The molecule has 4 amide bonds. The highest BCUT2D eigenvalue weighted by atomic mass is 19.1. The number of imide groups is 1. The molecule has 18 heavy (non-hydrogen) atoms. The quantitative estimate of drug-likeness (QED) is 0.832. The van der Waals surface area contributed by atoms with Gasteiger partial charge in [0.2, 0.25) is 0 Å². The summed E-state index contributed by atoms with van der Waals surface area (Å²) in [6.45, 7) is 0.635. The molecule has 1 aliphatic heterocycles. The minimum absolute atomic E-state index is 0.220. The molecule has 0 radical (unpaired) electrons. The molecule has 0 aliphatic carbocycles. The number of carbonyl (C=O) groups excluding carboxylic acids is 2. The smallest absolute Gasteiger partial charge is 0.326 e. The highest BCUT2D eigenvalue weighted by Crippen LogP contribution is 2.17. The van der Waals surface area contributed by atoms with Gasteiger partial charge >= 0.3 is 12.1 Å². The van der Waals surface area contributed by atoms with Crippen LogP contribution in [0.4, 0.5) is 24.1 Å². The Morgan fingerprint density at radius 1 is 1.33 bits per heavy atom. The molecule has 0 atom stereocenters. The Kier molecular flexibility index (Phi) is 3.14. The van der Waals surface area contributed by atoms with Crippen LogP contribution in [0.3, 0.4) is 0 Å². The van der Waals surface area contributed by atoms with Crippen molar-refractivity contribution >= 4 is 17.7 Å². The normalized spacial score (nSPS) is 15.2. The molecule has 1 aromatic rings. The van der Waals surface area contributed by atoms with Gasteiger partial charge in [-0.1, -0.05) is 0 Å². The molecular formula is C11H11F2N3O2. The molecule has 1 N–H and O–H groups in total. The molecule has 2 rings (SSSR count). The van der Waals surface area contributed by atoms with E-state index in [1.807, 2.05) is 0 Å². The molecule has 0 bridgehead atoms. The summed E-state index contributed by atoms with van der Waals surface area (Å²) < 4.78 is 26.2. The number of hydrogen-bond acceptors (Lipinski definition) is 2. The number of rotatable bonds is 1. The Bertz CT molecular complexity index is 507. The monoisotopic (exact) mass is 255 g/mol. The number of anilines is 1. The minimum atomic E-state index is -0.770. The first-order valence-electron chi connectivity index (χ1n) is 5.27. The van der Waals surface area contributed by atoms with Crippen molar-refractivity contribution in [3.8, 4) is 0 Å². The van der Waals surface area contributed by atoms with E-state index >= 15 is 0 Å². The lowest BCUT2D eigenvalue weighted by molar-refractivity contribution is 0.195. The number of amides is 4. The van der Waals surface area contributed by atoms with Crippen molar-refractivity contribution in [2.75, 3.05) is 25.5 Å². The highest BCUT2D eigenvalue weighted by Gasteiger charge is 2.31. The summed E-state index contributed by atoms with van der Waals surface area (Å²) in [6, 6.07) is 1.47. The number of nitrogens with one attached hydrogen (secondary N) is 1. The standard InChI is InChI=1S/C11H11F2N3O2/c1-15-4-5-16(11(15)18)10(17)14-9-6-7(12)2-3-8(9)13/h2-3,6H,4-5H2,1H3,(H,14,17). The molecule has 1 saturated heterocycles. The number of nitrogens with zero attached hydrogens (tertiary/aromatic N) is 2. The van der Waals surface area contributed by atoms with E-state index in [1.165, 1.54) is 4.90 Å². The van der Waals surface area contributed by atoms with E-state index in [4.69, 9.17) is 0 Å². The largest absolute Gasteiger partial charge is 0.330 e. The molecular weight excluding hydrogens is 244 g/mol. The van der Waals surface area contributed by atoms with Crippen LogP contribution in [0.2, 0.25) is 0 Å². The first-order valence-corrected chi connectivity index (χ1v) is 5.27. The van der Waals surface area contributed by atoms with Gasteiger partial charge in [-0.2, -0.15) is 0 Å². The van der Waals surface area contributed by atoms with Gasteiger partial charge in [0.1, 0.15) is 11.6 Å². The highest BCUT2D eigenvalue weighted by molar-refractivity contribution is 6.01. The number of benzene rings is 1. The molecule has 0 saturated carbocycles. The van der Waals surface area contributed by atoms with Crippen LogP contribution in [0.15, 0.2) is 18.2 Å². The van der Waals surface area contributed by atoms with Crippen molar-refractivity contribution in [2.24, 2.45) is 0 Å². The molecule has 0 unspecified atom stereocenters. The van der Waals surface area contributed by atoms with E-state index in [0.717, 1.165) is 23.1 Å². The van der Waals surface area contributed by atoms with E-state index in [0.29, 0.717) is 6.54 Å². The molecule has 5 nitrogen and oxygen atoms in total. The number of likely N-dealkylation sites (N-methyl/N-ethyl adjacent to an activating group) is 1. The topological polar surface area (TPSA) is 52.6 Å². The average molecular weight is 255 g/mol. The van der Waals surface area contributed by atoms with Crippen molar-refractivity contribution in [2.45, 2.75) is 0 Å². The summed E-state index contributed by atoms with van der Waals surface area (Å²) in [6.07, 6.45) is 0. The van der Waals surface area contributed by atoms with E-state index in [9.17, 15) is 18.4 Å². The lowest BCUT2D eigenvalue weighted by Gasteiger charge is -2.15. The Labute approximate surface area is 102 Å². The van der Waals surface area contributed by atoms with Gasteiger partial charge in [-0.15, -0.1) is 0 Å². The van der Waals surface area contributed by atoms with Crippen LogP contribution in [-0.2, 0) is 0 Å². The van der Waals surface area contributed by atoms with Gasteiger partial charge in [-0.25, -0.2) is 23.3 Å². The zero-order valence-corrected chi connectivity index (χ0v) is 9.61. The van der Waals surface area contributed by atoms with Crippen molar-refractivity contribution in [1.29, 1.82) is 0 Å². The van der Waals surface area contributed by atoms with Crippen LogP contribution >= 0.6 is 0 Å².